The number of ether oxygens (including phenoxy) is 3. The second-order valence-electron chi connectivity index (χ2n) is 3.43. The normalized spacial score (nSPS) is 14.4. The van der Waals surface area contributed by atoms with Gasteiger partial charge < -0.3 is 19.3 Å². The maximum atomic E-state index is 11.8. The van der Waals surface area contributed by atoms with Crippen LogP contribution >= 0.6 is 0 Å². The predicted molar refractivity (Wildman–Crippen MR) is 60.2 cm³/mol. The molecule has 0 amide bonds. The largest absolute Gasteiger partial charge is 0.466 e. The minimum atomic E-state index is -1.99. The molecule has 0 saturated heterocycles. The topological polar surface area (TPSA) is 65.0 Å². The number of rotatable bonds is 5. The molecule has 0 heterocycles. The van der Waals surface area contributed by atoms with Gasteiger partial charge in [-0.2, -0.15) is 0 Å². The molecule has 0 aliphatic heterocycles. The van der Waals surface area contributed by atoms with Crippen LogP contribution in [0.3, 0.4) is 0 Å². The molecule has 1 aromatic carbocycles. The third kappa shape index (κ3) is 2.46. The van der Waals surface area contributed by atoms with Gasteiger partial charge in [-0.05, 0) is 0 Å². The van der Waals surface area contributed by atoms with E-state index in [0.717, 1.165) is 0 Å². The fraction of sp³-hybridized carbons (Fsp3) is 0.417. The summed E-state index contributed by atoms with van der Waals surface area (Å²) < 4.78 is 14.5. The highest BCUT2D eigenvalue weighted by atomic mass is 16.7. The molecular formula is C12H16O5. The zero-order chi connectivity index (χ0) is 12.9. The van der Waals surface area contributed by atoms with Crippen LogP contribution in [-0.2, 0) is 24.6 Å². The Bertz CT molecular complexity index is 360. The van der Waals surface area contributed by atoms with E-state index in [4.69, 9.17) is 9.47 Å². The quantitative estimate of drug-likeness (QED) is 0.605. The van der Waals surface area contributed by atoms with Crippen molar-refractivity contribution >= 4 is 5.97 Å². The zero-order valence-corrected chi connectivity index (χ0v) is 10.0. The van der Waals surface area contributed by atoms with Crippen LogP contribution in [0.2, 0.25) is 0 Å². The van der Waals surface area contributed by atoms with E-state index in [1.54, 1.807) is 30.3 Å². The molecule has 1 atom stereocenters. The summed E-state index contributed by atoms with van der Waals surface area (Å²) in [5.74, 6) is -0.836. The molecule has 1 N–H and O–H groups in total. The minimum absolute atomic E-state index is 0.348. The molecule has 0 saturated carbocycles. The molecule has 17 heavy (non-hydrogen) atoms. The molecule has 1 rings (SSSR count). The number of hydrogen-bond acceptors (Lipinski definition) is 5. The monoisotopic (exact) mass is 240 g/mol. The fourth-order valence-electron chi connectivity index (χ4n) is 1.64. The molecule has 0 aromatic heterocycles. The van der Waals surface area contributed by atoms with Gasteiger partial charge in [0.15, 0.2) is 0 Å². The number of aliphatic hydroxyl groups is 1. The van der Waals surface area contributed by atoms with Gasteiger partial charge in [-0.1, -0.05) is 30.3 Å². The number of carbonyl (C=O) groups excluding carboxylic acids is 1. The molecular weight excluding hydrogens is 224 g/mol. The van der Waals surface area contributed by atoms with E-state index in [2.05, 4.69) is 4.74 Å². The Morgan fingerprint density at radius 2 is 1.71 bits per heavy atom. The van der Waals surface area contributed by atoms with Gasteiger partial charge >= 0.3 is 5.97 Å². The summed E-state index contributed by atoms with van der Waals surface area (Å²) in [6.45, 7) is 0. The molecule has 0 radical (unpaired) electrons. The van der Waals surface area contributed by atoms with Gasteiger partial charge in [0, 0.05) is 19.8 Å². The number of benzene rings is 1. The Kier molecular flexibility index (Phi) is 4.62. The molecule has 0 fully saturated rings. The maximum absolute atomic E-state index is 11.8. The van der Waals surface area contributed by atoms with Crippen molar-refractivity contribution in [3.05, 3.63) is 35.9 Å². The minimum Gasteiger partial charge on any atom is -0.466 e. The molecule has 0 bridgehead atoms. The summed E-state index contributed by atoms with van der Waals surface area (Å²) >= 11 is 0. The van der Waals surface area contributed by atoms with Crippen LogP contribution in [0.15, 0.2) is 30.3 Å². The van der Waals surface area contributed by atoms with Gasteiger partial charge in [0.25, 0.3) is 0 Å². The highest BCUT2D eigenvalue weighted by Gasteiger charge is 2.48. The van der Waals surface area contributed by atoms with Crippen molar-refractivity contribution in [3.63, 3.8) is 0 Å². The molecule has 5 heteroatoms. The van der Waals surface area contributed by atoms with Crippen molar-refractivity contribution in [1.82, 2.24) is 0 Å². The SMILES string of the molecule is COC(=O)C(O)(c1ccccc1)C(OC)OC. The molecule has 94 valence electrons. The first-order chi connectivity index (χ1) is 8.11. The molecule has 1 aromatic rings. The number of esters is 1. The first kappa shape index (κ1) is 13.6. The van der Waals surface area contributed by atoms with Crippen LogP contribution in [-0.4, -0.2) is 38.7 Å². The van der Waals surface area contributed by atoms with Crippen molar-refractivity contribution < 1.29 is 24.1 Å². The average molecular weight is 240 g/mol. The third-order valence-electron chi connectivity index (χ3n) is 2.48. The lowest BCUT2D eigenvalue weighted by Gasteiger charge is -2.31. The van der Waals surface area contributed by atoms with Crippen molar-refractivity contribution in [3.8, 4) is 0 Å². The van der Waals surface area contributed by atoms with E-state index in [1.807, 2.05) is 0 Å². The zero-order valence-electron chi connectivity index (χ0n) is 10.0. The first-order valence-electron chi connectivity index (χ1n) is 5.03. The van der Waals surface area contributed by atoms with Crippen LogP contribution in [0.25, 0.3) is 0 Å². The van der Waals surface area contributed by atoms with Gasteiger partial charge in [0.1, 0.15) is 0 Å². The van der Waals surface area contributed by atoms with Crippen molar-refractivity contribution in [1.29, 1.82) is 0 Å². The Morgan fingerprint density at radius 1 is 1.18 bits per heavy atom. The number of carbonyl (C=O) groups is 1. The third-order valence-corrected chi connectivity index (χ3v) is 2.48. The predicted octanol–water partition coefficient (Wildman–Crippen LogP) is 0.666. The molecule has 0 spiro atoms. The molecule has 0 aliphatic rings. The lowest BCUT2D eigenvalue weighted by molar-refractivity contribution is -0.231. The van der Waals surface area contributed by atoms with E-state index in [-0.39, 0.29) is 0 Å². The van der Waals surface area contributed by atoms with E-state index in [1.165, 1.54) is 21.3 Å². The van der Waals surface area contributed by atoms with Crippen LogP contribution in [0.4, 0.5) is 0 Å². The first-order valence-corrected chi connectivity index (χ1v) is 5.03. The summed E-state index contributed by atoms with van der Waals surface area (Å²) in [6.07, 6.45) is -1.14. The Hall–Kier alpha value is -1.43. The van der Waals surface area contributed by atoms with Gasteiger partial charge in [-0.25, -0.2) is 4.79 Å². The van der Waals surface area contributed by atoms with Crippen LogP contribution in [0, 0.1) is 0 Å². The van der Waals surface area contributed by atoms with E-state index < -0.39 is 17.9 Å². The molecule has 1 unspecified atom stereocenters. The fourth-order valence-corrected chi connectivity index (χ4v) is 1.64. The highest BCUT2D eigenvalue weighted by molar-refractivity contribution is 5.81. The second-order valence-corrected chi connectivity index (χ2v) is 3.43. The van der Waals surface area contributed by atoms with Gasteiger partial charge in [0.05, 0.1) is 7.11 Å². The summed E-state index contributed by atoms with van der Waals surface area (Å²) in [5, 5.41) is 10.5. The average Bonchev–Trinajstić information content (AvgIpc) is 2.39. The smallest absolute Gasteiger partial charge is 0.348 e. The number of methoxy groups -OCH3 is 3. The molecule has 5 nitrogen and oxygen atoms in total. The second kappa shape index (κ2) is 5.77. The maximum Gasteiger partial charge on any atom is 0.348 e. The standard InChI is InChI=1S/C12H16O5/c1-15-10(13)12(14,11(16-2)17-3)9-7-5-4-6-8-9/h4-8,11,14H,1-3H3. The van der Waals surface area contributed by atoms with Crippen molar-refractivity contribution in [2.45, 2.75) is 11.9 Å². The van der Waals surface area contributed by atoms with E-state index in [0.29, 0.717) is 5.56 Å². The summed E-state index contributed by atoms with van der Waals surface area (Å²) in [6, 6.07) is 8.37. The highest BCUT2D eigenvalue weighted by Crippen LogP contribution is 2.28. The van der Waals surface area contributed by atoms with Crippen molar-refractivity contribution in [2.75, 3.05) is 21.3 Å². The van der Waals surface area contributed by atoms with Crippen LogP contribution in [0.1, 0.15) is 5.56 Å². The van der Waals surface area contributed by atoms with Crippen LogP contribution < -0.4 is 0 Å². The summed E-state index contributed by atoms with van der Waals surface area (Å²) in [5.41, 5.74) is -1.64. The van der Waals surface area contributed by atoms with E-state index >= 15 is 0 Å². The molecule has 0 aliphatic carbocycles. The van der Waals surface area contributed by atoms with Crippen molar-refractivity contribution in [2.24, 2.45) is 0 Å². The Balaban J connectivity index is 3.24. The lowest BCUT2D eigenvalue weighted by atomic mass is 9.93. The van der Waals surface area contributed by atoms with E-state index in [9.17, 15) is 9.90 Å². The van der Waals surface area contributed by atoms with Gasteiger partial charge in [-0.3, -0.25) is 0 Å². The van der Waals surface area contributed by atoms with Crippen LogP contribution in [0.5, 0.6) is 0 Å². The number of hydrogen-bond donors (Lipinski definition) is 1. The summed E-state index contributed by atoms with van der Waals surface area (Å²) in [7, 11) is 3.87. The van der Waals surface area contributed by atoms with Gasteiger partial charge in [-0.15, -0.1) is 0 Å². The lowest BCUT2D eigenvalue weighted by Crippen LogP contribution is -2.49. The Morgan fingerprint density at radius 3 is 2.12 bits per heavy atom. The Labute approximate surface area is 99.9 Å². The summed E-state index contributed by atoms with van der Waals surface area (Å²) in [4.78, 5) is 11.8. The van der Waals surface area contributed by atoms with Gasteiger partial charge in [0.2, 0.25) is 11.9 Å².